The van der Waals surface area contributed by atoms with Crippen molar-refractivity contribution in [2.24, 2.45) is 0 Å². The summed E-state index contributed by atoms with van der Waals surface area (Å²) in [5.41, 5.74) is 1.37. The van der Waals surface area contributed by atoms with Gasteiger partial charge in [0.05, 0.1) is 6.61 Å². The molecule has 0 radical (unpaired) electrons. The molecule has 1 aliphatic heterocycles. The predicted molar refractivity (Wildman–Crippen MR) is 80.9 cm³/mol. The normalized spacial score (nSPS) is 18.9. The largest absolute Gasteiger partial charge is 0.493 e. The lowest BCUT2D eigenvalue weighted by Crippen LogP contribution is -2.30. The van der Waals surface area contributed by atoms with Gasteiger partial charge in [-0.15, -0.1) is 0 Å². The maximum atomic E-state index is 5.72. The SMILES string of the molecule is CCCCCCC(C)NCC1COc2ccccc21. The summed E-state index contributed by atoms with van der Waals surface area (Å²) in [4.78, 5) is 0. The first-order valence-corrected chi connectivity index (χ1v) is 7.76. The Balaban J connectivity index is 1.69. The van der Waals surface area contributed by atoms with Crippen molar-refractivity contribution in [2.75, 3.05) is 13.2 Å². The van der Waals surface area contributed by atoms with E-state index in [4.69, 9.17) is 4.74 Å². The first kappa shape index (κ1) is 14.4. The highest BCUT2D eigenvalue weighted by Crippen LogP contribution is 2.32. The van der Waals surface area contributed by atoms with E-state index in [1.165, 1.54) is 37.7 Å². The molecule has 2 nitrogen and oxygen atoms in total. The second kappa shape index (κ2) is 7.54. The topological polar surface area (TPSA) is 21.3 Å². The van der Waals surface area contributed by atoms with E-state index in [-0.39, 0.29) is 0 Å². The number of rotatable bonds is 8. The van der Waals surface area contributed by atoms with Crippen molar-refractivity contribution in [3.05, 3.63) is 29.8 Å². The van der Waals surface area contributed by atoms with Gasteiger partial charge in [-0.3, -0.25) is 0 Å². The molecule has 0 fully saturated rings. The molecule has 0 saturated heterocycles. The lowest BCUT2D eigenvalue weighted by molar-refractivity contribution is 0.321. The molecule has 1 aromatic rings. The number of hydrogen-bond donors (Lipinski definition) is 1. The van der Waals surface area contributed by atoms with Gasteiger partial charge in [0, 0.05) is 24.1 Å². The molecule has 106 valence electrons. The summed E-state index contributed by atoms with van der Waals surface area (Å²) in [6.45, 7) is 6.42. The van der Waals surface area contributed by atoms with Crippen LogP contribution in [0.1, 0.15) is 57.4 Å². The quantitative estimate of drug-likeness (QED) is 0.711. The third kappa shape index (κ3) is 4.24. The van der Waals surface area contributed by atoms with Gasteiger partial charge in [-0.05, 0) is 19.4 Å². The summed E-state index contributed by atoms with van der Waals surface area (Å²) < 4.78 is 5.72. The van der Waals surface area contributed by atoms with Crippen LogP contribution < -0.4 is 10.1 Å². The molecule has 1 aromatic carbocycles. The van der Waals surface area contributed by atoms with E-state index < -0.39 is 0 Å². The van der Waals surface area contributed by atoms with Gasteiger partial charge in [0.15, 0.2) is 0 Å². The van der Waals surface area contributed by atoms with Gasteiger partial charge >= 0.3 is 0 Å². The second-order valence-corrected chi connectivity index (χ2v) is 5.70. The molecule has 1 aliphatic rings. The molecule has 0 spiro atoms. The predicted octanol–water partition coefficient (Wildman–Crippen LogP) is 4.11. The molecule has 0 bridgehead atoms. The van der Waals surface area contributed by atoms with Crippen molar-refractivity contribution in [3.63, 3.8) is 0 Å². The Labute approximate surface area is 117 Å². The van der Waals surface area contributed by atoms with Gasteiger partial charge < -0.3 is 10.1 Å². The third-order valence-electron chi connectivity index (χ3n) is 4.00. The lowest BCUT2D eigenvalue weighted by atomic mass is 10.0. The molecule has 1 N–H and O–H groups in total. The molecule has 2 unspecified atom stereocenters. The van der Waals surface area contributed by atoms with E-state index in [0.717, 1.165) is 18.9 Å². The smallest absolute Gasteiger partial charge is 0.122 e. The fourth-order valence-corrected chi connectivity index (χ4v) is 2.72. The fourth-order valence-electron chi connectivity index (χ4n) is 2.72. The van der Waals surface area contributed by atoms with E-state index in [1.807, 2.05) is 6.07 Å². The van der Waals surface area contributed by atoms with Gasteiger partial charge in [-0.25, -0.2) is 0 Å². The van der Waals surface area contributed by atoms with Crippen LogP contribution in [0, 0.1) is 0 Å². The maximum absolute atomic E-state index is 5.72. The highest BCUT2D eigenvalue weighted by Gasteiger charge is 2.23. The highest BCUT2D eigenvalue weighted by atomic mass is 16.5. The molecule has 0 saturated carbocycles. The molecule has 0 aliphatic carbocycles. The summed E-state index contributed by atoms with van der Waals surface area (Å²) in [5.74, 6) is 1.60. The minimum Gasteiger partial charge on any atom is -0.493 e. The Morgan fingerprint density at radius 3 is 2.95 bits per heavy atom. The first-order valence-electron chi connectivity index (χ1n) is 7.76. The van der Waals surface area contributed by atoms with Crippen molar-refractivity contribution in [2.45, 2.75) is 57.9 Å². The molecule has 19 heavy (non-hydrogen) atoms. The maximum Gasteiger partial charge on any atom is 0.122 e. The third-order valence-corrected chi connectivity index (χ3v) is 4.00. The van der Waals surface area contributed by atoms with Crippen LogP contribution in [0.2, 0.25) is 0 Å². The second-order valence-electron chi connectivity index (χ2n) is 5.70. The molecule has 2 heteroatoms. The molecule has 2 atom stereocenters. The van der Waals surface area contributed by atoms with Crippen LogP contribution in [0.5, 0.6) is 5.75 Å². The van der Waals surface area contributed by atoms with Gasteiger partial charge in [0.2, 0.25) is 0 Å². The summed E-state index contributed by atoms with van der Waals surface area (Å²) in [6, 6.07) is 9.04. The van der Waals surface area contributed by atoms with Crippen molar-refractivity contribution < 1.29 is 4.74 Å². The van der Waals surface area contributed by atoms with E-state index >= 15 is 0 Å². The average Bonchev–Trinajstić information content (AvgIpc) is 2.85. The van der Waals surface area contributed by atoms with Crippen LogP contribution in [0.4, 0.5) is 0 Å². The molecule has 1 heterocycles. The number of para-hydroxylation sites is 1. The Morgan fingerprint density at radius 2 is 2.11 bits per heavy atom. The summed E-state index contributed by atoms with van der Waals surface area (Å²) >= 11 is 0. The zero-order chi connectivity index (χ0) is 13.5. The van der Waals surface area contributed by atoms with Gasteiger partial charge in [-0.1, -0.05) is 50.8 Å². The Hall–Kier alpha value is -1.02. The number of unbranched alkanes of at least 4 members (excludes halogenated alkanes) is 3. The van der Waals surface area contributed by atoms with Gasteiger partial charge in [0.25, 0.3) is 0 Å². The van der Waals surface area contributed by atoms with Crippen LogP contribution in [0.15, 0.2) is 24.3 Å². The summed E-state index contributed by atoms with van der Waals surface area (Å²) in [7, 11) is 0. The van der Waals surface area contributed by atoms with Crippen LogP contribution in [0.3, 0.4) is 0 Å². The van der Waals surface area contributed by atoms with E-state index in [9.17, 15) is 0 Å². The van der Waals surface area contributed by atoms with Crippen molar-refractivity contribution in [1.82, 2.24) is 5.32 Å². The van der Waals surface area contributed by atoms with Crippen molar-refractivity contribution in [1.29, 1.82) is 0 Å². The van der Waals surface area contributed by atoms with Gasteiger partial charge in [0.1, 0.15) is 5.75 Å². The minimum absolute atomic E-state index is 0.522. The highest BCUT2D eigenvalue weighted by molar-refractivity contribution is 5.39. The van der Waals surface area contributed by atoms with Crippen LogP contribution in [-0.2, 0) is 0 Å². The van der Waals surface area contributed by atoms with Crippen molar-refractivity contribution >= 4 is 0 Å². The van der Waals surface area contributed by atoms with Crippen LogP contribution >= 0.6 is 0 Å². The van der Waals surface area contributed by atoms with Crippen molar-refractivity contribution in [3.8, 4) is 5.75 Å². The minimum atomic E-state index is 0.522. The van der Waals surface area contributed by atoms with Crippen LogP contribution in [-0.4, -0.2) is 19.2 Å². The molecule has 0 amide bonds. The number of hydrogen-bond acceptors (Lipinski definition) is 2. The van der Waals surface area contributed by atoms with Gasteiger partial charge in [-0.2, -0.15) is 0 Å². The monoisotopic (exact) mass is 261 g/mol. The summed E-state index contributed by atoms with van der Waals surface area (Å²) in [6.07, 6.45) is 6.70. The number of fused-ring (bicyclic) bond motifs is 1. The lowest BCUT2D eigenvalue weighted by Gasteiger charge is -2.16. The molecular weight excluding hydrogens is 234 g/mol. The first-order chi connectivity index (χ1) is 9.31. The Bertz CT molecular complexity index is 377. The van der Waals surface area contributed by atoms with Crippen LogP contribution in [0.25, 0.3) is 0 Å². The van der Waals surface area contributed by atoms with E-state index in [1.54, 1.807) is 0 Å². The zero-order valence-corrected chi connectivity index (χ0v) is 12.3. The van der Waals surface area contributed by atoms with E-state index in [2.05, 4.69) is 37.4 Å². The average molecular weight is 261 g/mol. The number of ether oxygens (including phenoxy) is 1. The number of nitrogens with one attached hydrogen (secondary N) is 1. The Morgan fingerprint density at radius 1 is 1.26 bits per heavy atom. The fraction of sp³-hybridized carbons (Fsp3) is 0.647. The van der Waals surface area contributed by atoms with E-state index in [0.29, 0.717) is 12.0 Å². The number of benzene rings is 1. The standard InChI is InChI=1S/C17H27NO/c1-3-4-5-6-9-14(2)18-12-15-13-19-17-11-8-7-10-16(15)17/h7-8,10-11,14-15,18H,3-6,9,12-13H2,1-2H3. The zero-order valence-electron chi connectivity index (χ0n) is 12.3. The molecule has 0 aromatic heterocycles. The molecule has 2 rings (SSSR count). The molecular formula is C17H27NO. The Kier molecular flexibility index (Phi) is 5.71. The summed E-state index contributed by atoms with van der Waals surface area (Å²) in [5, 5.41) is 3.66.